The van der Waals surface area contributed by atoms with E-state index in [2.05, 4.69) is 17.3 Å². The van der Waals surface area contributed by atoms with Crippen molar-refractivity contribution in [3.05, 3.63) is 15.8 Å². The average Bonchev–Trinajstić information content (AvgIpc) is 2.48. The van der Waals surface area contributed by atoms with E-state index in [0.717, 1.165) is 17.8 Å². The van der Waals surface area contributed by atoms with Crippen molar-refractivity contribution in [3.8, 4) is 0 Å². The first-order valence-corrected chi connectivity index (χ1v) is 5.40. The van der Waals surface area contributed by atoms with Crippen LogP contribution >= 0.6 is 11.3 Å². The smallest absolute Gasteiger partial charge is 0.170 e. The number of hydrogen-bond acceptors (Lipinski definition) is 3. The molecule has 0 saturated carbocycles. The van der Waals surface area contributed by atoms with E-state index in [-0.39, 0.29) is 5.78 Å². The SMILES string of the molecule is CC(=O)c1scc2c1CCCN2C. The van der Waals surface area contributed by atoms with Gasteiger partial charge in [-0.2, -0.15) is 0 Å². The molecule has 0 spiro atoms. The second kappa shape index (κ2) is 3.14. The molecule has 13 heavy (non-hydrogen) atoms. The highest BCUT2D eigenvalue weighted by Gasteiger charge is 2.20. The topological polar surface area (TPSA) is 20.3 Å². The van der Waals surface area contributed by atoms with Gasteiger partial charge in [0.1, 0.15) is 0 Å². The molecule has 2 rings (SSSR count). The van der Waals surface area contributed by atoms with Gasteiger partial charge in [-0.1, -0.05) is 0 Å². The standard InChI is InChI=1S/C10H13NOS/c1-7(12)10-8-4-3-5-11(2)9(8)6-13-10/h6H,3-5H2,1-2H3. The van der Waals surface area contributed by atoms with Crippen LogP contribution in [-0.2, 0) is 6.42 Å². The highest BCUT2D eigenvalue weighted by molar-refractivity contribution is 7.12. The van der Waals surface area contributed by atoms with Crippen molar-refractivity contribution in [2.45, 2.75) is 19.8 Å². The molecule has 0 N–H and O–H groups in total. The predicted molar refractivity (Wildman–Crippen MR) is 55.9 cm³/mol. The van der Waals surface area contributed by atoms with Gasteiger partial charge in [0, 0.05) is 19.0 Å². The summed E-state index contributed by atoms with van der Waals surface area (Å²) in [4.78, 5) is 14.5. The van der Waals surface area contributed by atoms with Gasteiger partial charge in [-0.3, -0.25) is 4.79 Å². The largest absolute Gasteiger partial charge is 0.374 e. The van der Waals surface area contributed by atoms with E-state index in [9.17, 15) is 4.79 Å². The Morgan fingerprint density at radius 1 is 1.62 bits per heavy atom. The van der Waals surface area contributed by atoms with Gasteiger partial charge in [-0.25, -0.2) is 0 Å². The Bertz CT molecular complexity index is 343. The minimum absolute atomic E-state index is 0.210. The molecular formula is C10H13NOS. The summed E-state index contributed by atoms with van der Waals surface area (Å²) in [7, 11) is 2.09. The van der Waals surface area contributed by atoms with Gasteiger partial charge in [0.2, 0.25) is 0 Å². The third kappa shape index (κ3) is 1.37. The summed E-state index contributed by atoms with van der Waals surface area (Å²) >= 11 is 1.59. The molecule has 3 heteroatoms. The van der Waals surface area contributed by atoms with Crippen LogP contribution in [0.15, 0.2) is 5.38 Å². The van der Waals surface area contributed by atoms with Gasteiger partial charge >= 0.3 is 0 Å². The summed E-state index contributed by atoms with van der Waals surface area (Å²) < 4.78 is 0. The van der Waals surface area contributed by atoms with E-state index in [1.54, 1.807) is 18.3 Å². The third-order valence-electron chi connectivity index (χ3n) is 2.52. The number of hydrogen-bond donors (Lipinski definition) is 0. The molecule has 0 saturated heterocycles. The van der Waals surface area contributed by atoms with Crippen LogP contribution in [0, 0.1) is 0 Å². The number of carbonyl (C=O) groups excluding carboxylic acids is 1. The number of nitrogens with zero attached hydrogens (tertiary/aromatic N) is 1. The van der Waals surface area contributed by atoms with E-state index in [1.807, 2.05) is 0 Å². The van der Waals surface area contributed by atoms with Crippen molar-refractivity contribution in [1.82, 2.24) is 0 Å². The van der Waals surface area contributed by atoms with Crippen LogP contribution in [0.1, 0.15) is 28.6 Å². The van der Waals surface area contributed by atoms with Gasteiger partial charge < -0.3 is 4.90 Å². The van der Waals surface area contributed by atoms with Crippen molar-refractivity contribution < 1.29 is 4.79 Å². The van der Waals surface area contributed by atoms with Gasteiger partial charge in [0.25, 0.3) is 0 Å². The summed E-state index contributed by atoms with van der Waals surface area (Å²) in [6, 6.07) is 0. The molecule has 0 unspecified atom stereocenters. The molecule has 0 bridgehead atoms. The van der Waals surface area contributed by atoms with Crippen molar-refractivity contribution in [3.63, 3.8) is 0 Å². The molecule has 2 nitrogen and oxygen atoms in total. The van der Waals surface area contributed by atoms with Crippen LogP contribution in [-0.4, -0.2) is 19.4 Å². The fourth-order valence-electron chi connectivity index (χ4n) is 1.84. The molecule has 1 aliphatic heterocycles. The fraction of sp³-hybridized carbons (Fsp3) is 0.500. The highest BCUT2D eigenvalue weighted by atomic mass is 32.1. The second-order valence-corrected chi connectivity index (χ2v) is 4.39. The minimum atomic E-state index is 0.210. The summed E-state index contributed by atoms with van der Waals surface area (Å²) in [5, 5.41) is 2.10. The van der Waals surface area contributed by atoms with Gasteiger partial charge in [0.15, 0.2) is 5.78 Å². The number of fused-ring (bicyclic) bond motifs is 1. The van der Waals surface area contributed by atoms with Gasteiger partial charge in [-0.05, 0) is 25.3 Å². The summed E-state index contributed by atoms with van der Waals surface area (Å²) in [5.41, 5.74) is 2.53. The van der Waals surface area contributed by atoms with Crippen LogP contribution in [0.4, 0.5) is 5.69 Å². The molecule has 0 fully saturated rings. The number of anilines is 1. The van der Waals surface area contributed by atoms with Crippen LogP contribution < -0.4 is 4.90 Å². The van der Waals surface area contributed by atoms with E-state index < -0.39 is 0 Å². The molecule has 0 amide bonds. The van der Waals surface area contributed by atoms with Crippen LogP contribution in [0.5, 0.6) is 0 Å². The number of carbonyl (C=O) groups is 1. The molecule has 0 aromatic carbocycles. The molecule has 70 valence electrons. The monoisotopic (exact) mass is 195 g/mol. The van der Waals surface area contributed by atoms with Crippen LogP contribution in [0.25, 0.3) is 0 Å². The van der Waals surface area contributed by atoms with Gasteiger partial charge in [0.05, 0.1) is 10.6 Å². The lowest BCUT2D eigenvalue weighted by Gasteiger charge is -2.24. The molecule has 1 aromatic rings. The van der Waals surface area contributed by atoms with Crippen molar-refractivity contribution >= 4 is 22.8 Å². The van der Waals surface area contributed by atoms with E-state index in [4.69, 9.17) is 0 Å². The molecule has 2 heterocycles. The Kier molecular flexibility index (Phi) is 2.12. The lowest BCUT2D eigenvalue weighted by atomic mass is 10.0. The molecule has 1 aromatic heterocycles. The van der Waals surface area contributed by atoms with Crippen LogP contribution in [0.3, 0.4) is 0 Å². The van der Waals surface area contributed by atoms with Crippen molar-refractivity contribution in [1.29, 1.82) is 0 Å². The summed E-state index contributed by atoms with van der Waals surface area (Å²) in [5.74, 6) is 0.210. The molecule has 0 atom stereocenters. The normalized spacial score (nSPS) is 15.7. The second-order valence-electron chi connectivity index (χ2n) is 3.51. The molecule has 0 aliphatic carbocycles. The maximum atomic E-state index is 11.3. The Labute approximate surface area is 82.2 Å². The van der Waals surface area contributed by atoms with Gasteiger partial charge in [-0.15, -0.1) is 11.3 Å². The highest BCUT2D eigenvalue weighted by Crippen LogP contribution is 2.34. The number of thiophene rings is 1. The summed E-state index contributed by atoms with van der Waals surface area (Å²) in [6.07, 6.45) is 2.23. The Hall–Kier alpha value is -0.830. The lowest BCUT2D eigenvalue weighted by molar-refractivity contribution is 0.102. The Balaban J connectivity index is 2.47. The molecular weight excluding hydrogens is 182 g/mol. The predicted octanol–water partition coefficient (Wildman–Crippen LogP) is 2.33. The Morgan fingerprint density at radius 3 is 3.08 bits per heavy atom. The lowest BCUT2D eigenvalue weighted by Crippen LogP contribution is -2.24. The minimum Gasteiger partial charge on any atom is -0.374 e. The number of rotatable bonds is 1. The van der Waals surface area contributed by atoms with E-state index in [1.165, 1.54) is 17.7 Å². The van der Waals surface area contributed by atoms with Crippen LogP contribution in [0.2, 0.25) is 0 Å². The maximum absolute atomic E-state index is 11.3. The zero-order valence-corrected chi connectivity index (χ0v) is 8.78. The van der Waals surface area contributed by atoms with E-state index in [0.29, 0.717) is 0 Å². The fourth-order valence-corrected chi connectivity index (χ4v) is 2.91. The number of ketones is 1. The first kappa shape index (κ1) is 8.75. The summed E-state index contributed by atoms with van der Waals surface area (Å²) in [6.45, 7) is 2.77. The van der Waals surface area contributed by atoms with Crippen molar-refractivity contribution in [2.75, 3.05) is 18.5 Å². The maximum Gasteiger partial charge on any atom is 0.170 e. The Morgan fingerprint density at radius 2 is 2.38 bits per heavy atom. The molecule has 1 aliphatic rings. The van der Waals surface area contributed by atoms with Crippen molar-refractivity contribution in [2.24, 2.45) is 0 Å². The zero-order valence-electron chi connectivity index (χ0n) is 7.96. The quantitative estimate of drug-likeness (QED) is 0.641. The first-order valence-electron chi connectivity index (χ1n) is 4.52. The third-order valence-corrected chi connectivity index (χ3v) is 3.63. The first-order chi connectivity index (χ1) is 6.20. The number of Topliss-reactive ketones (excluding diaryl/α,β-unsaturated/α-hetero) is 1. The average molecular weight is 195 g/mol. The zero-order chi connectivity index (χ0) is 9.42. The van der Waals surface area contributed by atoms with E-state index >= 15 is 0 Å². The molecule has 0 radical (unpaired) electrons.